The molecule has 0 fully saturated rings. The minimum Gasteiger partial charge on any atom is -0.329 e. The van der Waals surface area contributed by atoms with Crippen molar-refractivity contribution in [3.8, 4) is 17.5 Å². The maximum absolute atomic E-state index is 12.5. The number of nitriles is 1. The largest absolute Gasteiger partial charge is 0.471 e. The number of nitrogens with one attached hydrogen (secondary N) is 1. The molecule has 1 aromatic heterocycles. The fourth-order valence-electron chi connectivity index (χ4n) is 2.11. The number of hydrogen-bond acceptors (Lipinski definition) is 5. The molecular weight excluding hydrogens is 385 g/mol. The van der Waals surface area contributed by atoms with Crippen LogP contribution in [-0.2, 0) is 6.18 Å². The summed E-state index contributed by atoms with van der Waals surface area (Å²) >= 11 is 5.99. The van der Waals surface area contributed by atoms with E-state index in [4.69, 9.17) is 16.9 Å². The Balaban J connectivity index is 1.78. The lowest BCUT2D eigenvalue weighted by Gasteiger charge is -2.08. The van der Waals surface area contributed by atoms with E-state index in [1.807, 2.05) is 6.07 Å². The van der Waals surface area contributed by atoms with Crippen LogP contribution in [0.15, 0.2) is 47.0 Å². The Morgan fingerprint density at radius 1 is 1.19 bits per heavy atom. The minimum atomic E-state index is -4.73. The molecule has 0 saturated carbocycles. The van der Waals surface area contributed by atoms with Gasteiger partial charge in [-0.15, -0.1) is 0 Å². The second-order valence-corrected chi connectivity index (χ2v) is 5.67. The average molecular weight is 393 g/mol. The minimum absolute atomic E-state index is 0.219. The molecule has 3 rings (SSSR count). The summed E-state index contributed by atoms with van der Waals surface area (Å²) in [6.07, 6.45) is -4.73. The fourth-order valence-corrected chi connectivity index (χ4v) is 2.28. The van der Waals surface area contributed by atoms with Gasteiger partial charge in [-0.1, -0.05) is 28.9 Å². The van der Waals surface area contributed by atoms with E-state index in [0.29, 0.717) is 5.56 Å². The molecule has 0 atom stereocenters. The molecule has 0 unspecified atom stereocenters. The molecule has 2 aromatic carbocycles. The van der Waals surface area contributed by atoms with Crippen molar-refractivity contribution in [1.29, 1.82) is 5.26 Å². The van der Waals surface area contributed by atoms with Crippen molar-refractivity contribution < 1.29 is 22.5 Å². The number of nitrogens with zero attached hydrogens (tertiary/aromatic N) is 3. The molecule has 10 heteroatoms. The van der Waals surface area contributed by atoms with Crippen molar-refractivity contribution in [2.75, 3.05) is 5.32 Å². The Hall–Kier alpha value is -3.38. The van der Waals surface area contributed by atoms with E-state index in [9.17, 15) is 18.0 Å². The third-order valence-electron chi connectivity index (χ3n) is 3.42. The zero-order valence-electron chi connectivity index (χ0n) is 13.2. The van der Waals surface area contributed by atoms with Gasteiger partial charge in [-0.3, -0.25) is 4.79 Å². The number of anilines is 1. The van der Waals surface area contributed by atoms with E-state index < -0.39 is 18.0 Å². The third-order valence-corrected chi connectivity index (χ3v) is 3.75. The average Bonchev–Trinajstić information content (AvgIpc) is 3.14. The van der Waals surface area contributed by atoms with E-state index in [2.05, 4.69) is 20.0 Å². The lowest BCUT2D eigenvalue weighted by atomic mass is 10.1. The first-order valence-electron chi connectivity index (χ1n) is 7.30. The van der Waals surface area contributed by atoms with Crippen molar-refractivity contribution >= 4 is 23.2 Å². The number of amides is 1. The number of alkyl halides is 3. The predicted molar refractivity (Wildman–Crippen MR) is 88.9 cm³/mol. The molecule has 0 aliphatic carbocycles. The van der Waals surface area contributed by atoms with Gasteiger partial charge in [0.2, 0.25) is 5.82 Å². The Bertz CT molecular complexity index is 1040. The van der Waals surface area contributed by atoms with Crippen LogP contribution in [0.2, 0.25) is 5.02 Å². The van der Waals surface area contributed by atoms with Gasteiger partial charge >= 0.3 is 12.1 Å². The lowest BCUT2D eigenvalue weighted by molar-refractivity contribution is -0.159. The maximum Gasteiger partial charge on any atom is 0.471 e. The molecule has 0 aliphatic rings. The highest BCUT2D eigenvalue weighted by Gasteiger charge is 2.38. The van der Waals surface area contributed by atoms with Crippen molar-refractivity contribution in [2.24, 2.45) is 0 Å². The Labute approximate surface area is 155 Å². The molecule has 0 saturated heterocycles. The summed E-state index contributed by atoms with van der Waals surface area (Å²) in [7, 11) is 0. The molecule has 1 N–H and O–H groups in total. The number of carbonyl (C=O) groups excluding carboxylic acids is 1. The number of carbonyl (C=O) groups is 1. The van der Waals surface area contributed by atoms with Gasteiger partial charge in [-0.05, 0) is 30.3 Å². The summed E-state index contributed by atoms with van der Waals surface area (Å²) in [6.45, 7) is 0. The topological polar surface area (TPSA) is 91.8 Å². The van der Waals surface area contributed by atoms with E-state index in [1.54, 1.807) is 0 Å². The van der Waals surface area contributed by atoms with Crippen LogP contribution >= 0.6 is 11.6 Å². The highest BCUT2D eigenvalue weighted by atomic mass is 35.5. The first-order chi connectivity index (χ1) is 12.8. The van der Waals surface area contributed by atoms with Gasteiger partial charge in [0.05, 0.1) is 22.3 Å². The molecule has 0 aliphatic heterocycles. The number of benzene rings is 2. The molecule has 0 radical (unpaired) electrons. The SMILES string of the molecule is N#Cc1ccc(Cl)c(NC(=O)c2ccc(-c3noc(C(F)(F)F)n3)cc2)c1. The van der Waals surface area contributed by atoms with E-state index >= 15 is 0 Å². The highest BCUT2D eigenvalue weighted by molar-refractivity contribution is 6.34. The standard InChI is InChI=1S/C17H8ClF3N4O2/c18-12-6-1-9(8-22)7-13(12)23-15(26)11-4-2-10(3-5-11)14-24-16(27-25-14)17(19,20)21/h1-7H,(H,23,26). The van der Waals surface area contributed by atoms with Crippen molar-refractivity contribution in [1.82, 2.24) is 10.1 Å². The molecule has 27 heavy (non-hydrogen) atoms. The zero-order chi connectivity index (χ0) is 19.6. The Morgan fingerprint density at radius 2 is 1.89 bits per heavy atom. The molecule has 6 nitrogen and oxygen atoms in total. The molecule has 3 aromatic rings. The first kappa shape index (κ1) is 18.4. The van der Waals surface area contributed by atoms with Crippen LogP contribution in [0.25, 0.3) is 11.4 Å². The quantitative estimate of drug-likeness (QED) is 0.706. The van der Waals surface area contributed by atoms with Gasteiger partial charge in [0.1, 0.15) is 0 Å². The Kier molecular flexibility index (Phi) is 4.83. The van der Waals surface area contributed by atoms with Gasteiger partial charge in [0.25, 0.3) is 5.91 Å². The van der Waals surface area contributed by atoms with Crippen LogP contribution in [0.1, 0.15) is 21.8 Å². The van der Waals surface area contributed by atoms with Crippen LogP contribution in [0.5, 0.6) is 0 Å². The molecular formula is C17H8ClF3N4O2. The smallest absolute Gasteiger partial charge is 0.329 e. The van der Waals surface area contributed by atoms with Gasteiger partial charge in [-0.2, -0.15) is 23.4 Å². The fraction of sp³-hybridized carbons (Fsp3) is 0.0588. The van der Waals surface area contributed by atoms with Crippen molar-refractivity contribution in [3.63, 3.8) is 0 Å². The predicted octanol–water partition coefficient (Wildman–Crippen LogP) is 4.53. The first-order valence-corrected chi connectivity index (χ1v) is 7.68. The third kappa shape index (κ3) is 4.07. The monoisotopic (exact) mass is 392 g/mol. The van der Waals surface area contributed by atoms with Crippen LogP contribution < -0.4 is 5.32 Å². The number of aromatic nitrogens is 2. The van der Waals surface area contributed by atoms with E-state index in [0.717, 1.165) is 0 Å². The van der Waals surface area contributed by atoms with Crippen molar-refractivity contribution in [3.05, 3.63) is 64.5 Å². The van der Waals surface area contributed by atoms with E-state index in [-0.39, 0.29) is 27.7 Å². The number of hydrogen-bond donors (Lipinski definition) is 1. The highest BCUT2D eigenvalue weighted by Crippen LogP contribution is 2.29. The molecule has 0 spiro atoms. The normalized spacial score (nSPS) is 11.1. The van der Waals surface area contributed by atoms with Gasteiger partial charge < -0.3 is 9.84 Å². The summed E-state index contributed by atoms with van der Waals surface area (Å²) in [5.74, 6) is -2.21. The van der Waals surface area contributed by atoms with Gasteiger partial charge in [-0.25, -0.2) is 0 Å². The summed E-state index contributed by atoms with van der Waals surface area (Å²) < 4.78 is 41.7. The number of halogens is 4. The zero-order valence-corrected chi connectivity index (χ0v) is 14.0. The van der Waals surface area contributed by atoms with Crippen LogP contribution in [0.4, 0.5) is 18.9 Å². The molecule has 1 amide bonds. The summed E-state index contributed by atoms with van der Waals surface area (Å²) in [4.78, 5) is 15.6. The van der Waals surface area contributed by atoms with E-state index in [1.165, 1.54) is 42.5 Å². The number of rotatable bonds is 3. The summed E-state index contributed by atoms with van der Waals surface area (Å²) in [5.41, 5.74) is 1.05. The van der Waals surface area contributed by atoms with Crippen LogP contribution in [0.3, 0.4) is 0 Å². The Morgan fingerprint density at radius 3 is 2.48 bits per heavy atom. The van der Waals surface area contributed by atoms with Crippen LogP contribution in [0, 0.1) is 11.3 Å². The molecule has 0 bridgehead atoms. The summed E-state index contributed by atoms with van der Waals surface area (Å²) in [6, 6.07) is 11.9. The maximum atomic E-state index is 12.5. The van der Waals surface area contributed by atoms with Gasteiger partial charge in [0, 0.05) is 11.1 Å². The second-order valence-electron chi connectivity index (χ2n) is 5.26. The van der Waals surface area contributed by atoms with Gasteiger partial charge in [0.15, 0.2) is 0 Å². The lowest BCUT2D eigenvalue weighted by Crippen LogP contribution is -2.12. The molecule has 1 heterocycles. The van der Waals surface area contributed by atoms with Crippen LogP contribution in [-0.4, -0.2) is 16.0 Å². The van der Waals surface area contributed by atoms with Crippen molar-refractivity contribution in [2.45, 2.75) is 6.18 Å². The second kappa shape index (κ2) is 7.09. The summed E-state index contributed by atoms with van der Waals surface area (Å²) in [5, 5.41) is 15.0. The molecule has 136 valence electrons.